The van der Waals surface area contributed by atoms with Crippen LogP contribution in [0.1, 0.15) is 20.8 Å². The highest BCUT2D eigenvalue weighted by Crippen LogP contribution is 2.24. The first-order valence-electron chi connectivity index (χ1n) is 4.74. The summed E-state index contributed by atoms with van der Waals surface area (Å²) in [6.07, 6.45) is 0. The predicted molar refractivity (Wildman–Crippen MR) is 49.4 cm³/mol. The molecule has 0 saturated heterocycles. The highest BCUT2D eigenvalue weighted by Gasteiger charge is 2.37. The molecule has 13 heavy (non-hydrogen) atoms. The van der Waals surface area contributed by atoms with Crippen molar-refractivity contribution < 1.29 is 21.0 Å². The molecule has 0 aromatic heterocycles. The number of ether oxygens (including phenoxy) is 1. The van der Waals surface area contributed by atoms with Gasteiger partial charge in [0.1, 0.15) is 5.92 Å². The van der Waals surface area contributed by atoms with Crippen molar-refractivity contribution in [1.82, 2.24) is 0 Å². The molecular weight excluding hydrogens is 168 g/mol. The zero-order valence-electron chi connectivity index (χ0n) is 8.93. The summed E-state index contributed by atoms with van der Waals surface area (Å²) < 4.78 is 4.98. The van der Waals surface area contributed by atoms with Crippen LogP contribution in [-0.2, 0) is 9.53 Å². The van der Waals surface area contributed by atoms with E-state index >= 15 is 0 Å². The molecule has 0 spiro atoms. The van der Waals surface area contributed by atoms with Gasteiger partial charge in [-0.15, -0.1) is 0 Å². The smallest absolute Gasteiger partial charge is 0.315 e. The summed E-state index contributed by atoms with van der Waals surface area (Å²) in [5.74, 6) is -0.281. The van der Waals surface area contributed by atoms with Crippen LogP contribution in [-0.4, -0.2) is 25.7 Å². The monoisotopic (exact) mass is 190 g/mol. The van der Waals surface area contributed by atoms with E-state index in [2.05, 4.69) is 11.5 Å². The van der Waals surface area contributed by atoms with Gasteiger partial charge in [0.25, 0.3) is 0 Å². The van der Waals surface area contributed by atoms with Crippen LogP contribution in [0.5, 0.6) is 0 Å². The van der Waals surface area contributed by atoms with Gasteiger partial charge in [-0.3, -0.25) is 4.79 Å². The number of hydrogen-bond acceptors (Lipinski definition) is 2. The van der Waals surface area contributed by atoms with Gasteiger partial charge in [0.2, 0.25) is 0 Å². The molecule has 0 bridgehead atoms. The van der Waals surface area contributed by atoms with Gasteiger partial charge in [-0.05, 0) is 6.92 Å². The second-order valence-corrected chi connectivity index (χ2v) is 3.83. The quantitative estimate of drug-likeness (QED) is 0.527. The van der Waals surface area contributed by atoms with Gasteiger partial charge >= 0.3 is 5.97 Å². The van der Waals surface area contributed by atoms with E-state index in [0.29, 0.717) is 19.7 Å². The fraction of sp³-hybridized carbons (Fsp3) is 0.889. The number of quaternary nitrogens is 2. The molecule has 0 radical (unpaired) electrons. The Hall–Kier alpha value is -0.610. The second-order valence-electron chi connectivity index (χ2n) is 3.83. The van der Waals surface area contributed by atoms with Crippen LogP contribution in [0.2, 0.25) is 0 Å². The van der Waals surface area contributed by atoms with Crippen molar-refractivity contribution in [1.29, 1.82) is 0 Å². The van der Waals surface area contributed by atoms with Gasteiger partial charge in [-0.25, -0.2) is 0 Å². The topological polar surface area (TPSA) is 81.6 Å². The van der Waals surface area contributed by atoms with Crippen LogP contribution in [0.25, 0.3) is 0 Å². The molecule has 0 aliphatic carbocycles. The average Bonchev–Trinajstić information content (AvgIpc) is 2.05. The molecule has 0 heterocycles. The molecule has 78 valence electrons. The SMILES string of the molecule is CCOC(=O)C(C[NH3+])C(C)(C)C[NH3+]. The summed E-state index contributed by atoms with van der Waals surface area (Å²) in [4.78, 5) is 11.5. The van der Waals surface area contributed by atoms with Gasteiger partial charge in [0, 0.05) is 5.41 Å². The van der Waals surface area contributed by atoms with Crippen molar-refractivity contribution in [3.05, 3.63) is 0 Å². The third-order valence-electron chi connectivity index (χ3n) is 2.45. The van der Waals surface area contributed by atoms with E-state index < -0.39 is 0 Å². The van der Waals surface area contributed by atoms with Crippen molar-refractivity contribution in [2.45, 2.75) is 20.8 Å². The van der Waals surface area contributed by atoms with Crippen molar-refractivity contribution in [3.63, 3.8) is 0 Å². The predicted octanol–water partition coefficient (Wildman–Crippen LogP) is -1.32. The fourth-order valence-electron chi connectivity index (χ4n) is 1.24. The van der Waals surface area contributed by atoms with Crippen LogP contribution in [0, 0.1) is 11.3 Å². The first-order chi connectivity index (χ1) is 5.99. The van der Waals surface area contributed by atoms with Gasteiger partial charge in [0.15, 0.2) is 0 Å². The number of esters is 1. The lowest BCUT2D eigenvalue weighted by Gasteiger charge is -2.26. The minimum absolute atomic E-state index is 0.117. The molecule has 0 aliphatic heterocycles. The highest BCUT2D eigenvalue weighted by molar-refractivity contribution is 5.73. The molecule has 0 aromatic carbocycles. The Kier molecular flexibility index (Phi) is 4.95. The molecule has 4 heteroatoms. The maximum Gasteiger partial charge on any atom is 0.315 e. The van der Waals surface area contributed by atoms with Gasteiger partial charge in [-0.2, -0.15) is 0 Å². The van der Waals surface area contributed by atoms with Gasteiger partial charge < -0.3 is 16.2 Å². The summed E-state index contributed by atoms with van der Waals surface area (Å²) in [7, 11) is 0. The van der Waals surface area contributed by atoms with Crippen molar-refractivity contribution in [2.24, 2.45) is 11.3 Å². The van der Waals surface area contributed by atoms with Crippen LogP contribution < -0.4 is 11.5 Å². The Bertz CT molecular complexity index is 169. The molecular formula is C9H22N2O2+2. The lowest BCUT2D eigenvalue weighted by molar-refractivity contribution is -0.414. The first kappa shape index (κ1) is 12.4. The Morgan fingerprint density at radius 3 is 2.31 bits per heavy atom. The molecule has 6 N–H and O–H groups in total. The Labute approximate surface area is 79.6 Å². The summed E-state index contributed by atoms with van der Waals surface area (Å²) >= 11 is 0. The summed E-state index contributed by atoms with van der Waals surface area (Å²) in [5.41, 5.74) is 7.49. The number of hydrogen-bond donors (Lipinski definition) is 2. The molecule has 0 saturated carbocycles. The first-order valence-corrected chi connectivity index (χ1v) is 4.74. The summed E-state index contributed by atoms with van der Waals surface area (Å²) in [6.45, 7) is 7.57. The average molecular weight is 190 g/mol. The zero-order valence-corrected chi connectivity index (χ0v) is 8.93. The fourth-order valence-corrected chi connectivity index (χ4v) is 1.24. The van der Waals surface area contributed by atoms with E-state index in [9.17, 15) is 4.79 Å². The van der Waals surface area contributed by atoms with Gasteiger partial charge in [0.05, 0.1) is 19.7 Å². The van der Waals surface area contributed by atoms with E-state index in [1.807, 2.05) is 20.8 Å². The molecule has 1 unspecified atom stereocenters. The van der Waals surface area contributed by atoms with Crippen molar-refractivity contribution >= 4 is 5.97 Å². The lowest BCUT2D eigenvalue weighted by Crippen LogP contribution is -2.65. The summed E-state index contributed by atoms with van der Waals surface area (Å²) in [5, 5.41) is 0. The molecule has 0 aliphatic rings. The van der Waals surface area contributed by atoms with Crippen molar-refractivity contribution in [2.75, 3.05) is 19.7 Å². The Morgan fingerprint density at radius 1 is 1.46 bits per heavy atom. The van der Waals surface area contributed by atoms with Crippen LogP contribution in [0.3, 0.4) is 0 Å². The maximum absolute atomic E-state index is 11.5. The largest absolute Gasteiger partial charge is 0.466 e. The standard InChI is InChI=1S/C9H20N2O2/c1-4-13-8(12)7(5-10)9(2,3)6-11/h7H,4-6,10-11H2,1-3H3/p+2. The molecule has 1 atom stereocenters. The van der Waals surface area contributed by atoms with E-state index in [1.54, 1.807) is 0 Å². The van der Waals surface area contributed by atoms with E-state index in [-0.39, 0.29) is 17.3 Å². The number of carbonyl (C=O) groups excluding carboxylic acids is 1. The highest BCUT2D eigenvalue weighted by atomic mass is 16.5. The number of carbonyl (C=O) groups is 1. The minimum atomic E-state index is -0.147. The maximum atomic E-state index is 11.5. The summed E-state index contributed by atoms with van der Waals surface area (Å²) in [6, 6.07) is 0. The number of rotatable bonds is 5. The third-order valence-corrected chi connectivity index (χ3v) is 2.45. The lowest BCUT2D eigenvalue weighted by atomic mass is 9.79. The molecule has 0 amide bonds. The molecule has 0 fully saturated rings. The zero-order chi connectivity index (χ0) is 10.5. The Balaban J connectivity index is 4.40. The third kappa shape index (κ3) is 3.32. The second kappa shape index (κ2) is 5.19. The minimum Gasteiger partial charge on any atom is -0.466 e. The van der Waals surface area contributed by atoms with E-state index in [0.717, 1.165) is 0 Å². The van der Waals surface area contributed by atoms with Crippen LogP contribution in [0.4, 0.5) is 0 Å². The van der Waals surface area contributed by atoms with Crippen LogP contribution in [0.15, 0.2) is 0 Å². The van der Waals surface area contributed by atoms with E-state index in [4.69, 9.17) is 4.74 Å². The molecule has 0 aromatic rings. The molecule has 0 rings (SSSR count). The molecule has 4 nitrogen and oxygen atoms in total. The Morgan fingerprint density at radius 2 is 2.00 bits per heavy atom. The van der Waals surface area contributed by atoms with Gasteiger partial charge in [-0.1, -0.05) is 13.8 Å². The van der Waals surface area contributed by atoms with Crippen molar-refractivity contribution in [3.8, 4) is 0 Å². The van der Waals surface area contributed by atoms with E-state index in [1.165, 1.54) is 0 Å². The normalized spacial score (nSPS) is 13.9. The van der Waals surface area contributed by atoms with Crippen LogP contribution >= 0.6 is 0 Å².